The lowest BCUT2D eigenvalue weighted by Gasteiger charge is -2.40. The SMILES string of the molecule is CC(OC=O)C(F)(F)C(F)(F)C(F)(F)C(F)(F)C(F)(F)C(F)(F)F. The van der Waals surface area contributed by atoms with Crippen LogP contribution in [0.2, 0.25) is 0 Å². The Morgan fingerprint density at radius 2 is 1.00 bits per heavy atom. The minimum atomic E-state index is -7.97. The van der Waals surface area contributed by atoms with Gasteiger partial charge in [0.15, 0.2) is 6.10 Å². The Labute approximate surface area is 123 Å². The lowest BCUT2D eigenvalue weighted by atomic mass is 9.92. The third-order valence-electron chi connectivity index (χ3n) is 2.73. The van der Waals surface area contributed by atoms with Crippen LogP contribution in [0.4, 0.5) is 57.1 Å². The van der Waals surface area contributed by atoms with Crippen molar-refractivity contribution >= 4 is 6.47 Å². The normalized spacial score (nSPS) is 16.8. The molecule has 0 aromatic heterocycles. The van der Waals surface area contributed by atoms with E-state index in [1.165, 1.54) is 0 Å². The Morgan fingerprint density at radius 3 is 1.29 bits per heavy atom. The first-order chi connectivity index (χ1) is 10.2. The van der Waals surface area contributed by atoms with Crippen LogP contribution in [0.25, 0.3) is 0 Å². The summed E-state index contributed by atoms with van der Waals surface area (Å²) in [5, 5.41) is 0. The second-order valence-corrected chi connectivity index (χ2v) is 4.29. The minimum Gasteiger partial charge on any atom is -0.458 e. The van der Waals surface area contributed by atoms with Crippen LogP contribution in [0, 0.1) is 0 Å². The van der Waals surface area contributed by atoms with Gasteiger partial charge >= 0.3 is 35.8 Å². The van der Waals surface area contributed by atoms with Crippen molar-refractivity contribution in [1.82, 2.24) is 0 Å². The van der Waals surface area contributed by atoms with Crippen molar-refractivity contribution in [3.63, 3.8) is 0 Å². The van der Waals surface area contributed by atoms with E-state index in [0.717, 1.165) is 0 Å². The summed E-state index contributed by atoms with van der Waals surface area (Å²) in [6, 6.07) is 0. The van der Waals surface area contributed by atoms with E-state index in [9.17, 15) is 61.9 Å². The summed E-state index contributed by atoms with van der Waals surface area (Å²) in [7, 11) is 0. The summed E-state index contributed by atoms with van der Waals surface area (Å²) in [5.41, 5.74) is 0. The fourth-order valence-electron chi connectivity index (χ4n) is 1.21. The average molecular weight is 392 g/mol. The number of carbonyl (C=O) groups excluding carboxylic acids is 1. The van der Waals surface area contributed by atoms with E-state index in [-0.39, 0.29) is 6.92 Å². The maximum atomic E-state index is 13.1. The summed E-state index contributed by atoms with van der Waals surface area (Å²) in [6.45, 7) is -1.20. The van der Waals surface area contributed by atoms with Crippen LogP contribution in [0.15, 0.2) is 0 Å². The van der Waals surface area contributed by atoms with E-state index >= 15 is 0 Å². The van der Waals surface area contributed by atoms with Gasteiger partial charge in [0, 0.05) is 0 Å². The molecule has 0 heterocycles. The fraction of sp³-hybridized carbons (Fsp3) is 0.889. The van der Waals surface area contributed by atoms with Crippen molar-refractivity contribution in [3.05, 3.63) is 0 Å². The Bertz CT molecular complexity index is 467. The lowest BCUT2D eigenvalue weighted by molar-refractivity contribution is -0.443. The van der Waals surface area contributed by atoms with Crippen LogP contribution < -0.4 is 0 Å². The van der Waals surface area contributed by atoms with Gasteiger partial charge in [0.2, 0.25) is 0 Å². The van der Waals surface area contributed by atoms with Crippen LogP contribution in [-0.2, 0) is 9.53 Å². The topological polar surface area (TPSA) is 26.3 Å². The molecular weight excluding hydrogens is 387 g/mol. The maximum Gasteiger partial charge on any atom is 0.460 e. The average Bonchev–Trinajstić information content (AvgIpc) is 2.36. The molecule has 2 nitrogen and oxygen atoms in total. The van der Waals surface area contributed by atoms with Crippen molar-refractivity contribution in [2.75, 3.05) is 0 Å². The molecule has 15 heteroatoms. The van der Waals surface area contributed by atoms with Gasteiger partial charge in [-0.25, -0.2) is 0 Å². The molecule has 0 aliphatic heterocycles. The molecule has 0 radical (unpaired) electrons. The van der Waals surface area contributed by atoms with Crippen molar-refractivity contribution < 1.29 is 66.6 Å². The van der Waals surface area contributed by atoms with Crippen LogP contribution in [-0.4, -0.2) is 48.4 Å². The van der Waals surface area contributed by atoms with Gasteiger partial charge < -0.3 is 4.74 Å². The molecule has 0 saturated carbocycles. The van der Waals surface area contributed by atoms with Crippen molar-refractivity contribution in [2.45, 2.75) is 48.8 Å². The Hall–Kier alpha value is -1.44. The summed E-state index contributed by atoms with van der Waals surface area (Å²) < 4.78 is 167. The number of carbonyl (C=O) groups is 1. The number of hydrogen-bond donors (Lipinski definition) is 0. The number of alkyl halides is 13. The molecule has 0 aromatic rings. The first kappa shape index (κ1) is 22.6. The van der Waals surface area contributed by atoms with Crippen molar-refractivity contribution in [1.29, 1.82) is 0 Å². The minimum absolute atomic E-state index is 0.210. The number of ether oxygens (including phenoxy) is 1. The van der Waals surface area contributed by atoms with Crippen LogP contribution in [0.1, 0.15) is 6.92 Å². The van der Waals surface area contributed by atoms with Gasteiger partial charge in [0.1, 0.15) is 0 Å². The number of halogens is 13. The van der Waals surface area contributed by atoms with Crippen molar-refractivity contribution in [3.8, 4) is 0 Å². The zero-order valence-corrected chi connectivity index (χ0v) is 10.9. The molecule has 0 amide bonds. The van der Waals surface area contributed by atoms with Crippen LogP contribution >= 0.6 is 0 Å². The quantitative estimate of drug-likeness (QED) is 0.478. The molecule has 0 fully saturated rings. The highest BCUT2D eigenvalue weighted by atomic mass is 19.4. The third-order valence-corrected chi connectivity index (χ3v) is 2.73. The molecule has 1 unspecified atom stereocenters. The summed E-state index contributed by atoms with van der Waals surface area (Å²) >= 11 is 0. The molecule has 0 aliphatic rings. The summed E-state index contributed by atoms with van der Waals surface area (Å²) in [6.07, 6.45) is -11.0. The highest BCUT2D eigenvalue weighted by molar-refractivity contribution is 5.37. The van der Waals surface area contributed by atoms with Crippen LogP contribution in [0.5, 0.6) is 0 Å². The van der Waals surface area contributed by atoms with E-state index in [1.807, 2.05) is 0 Å². The smallest absolute Gasteiger partial charge is 0.458 e. The standard InChI is InChI=1S/C9H5F13O2/c1-3(24-2-23)4(10,11)5(12,13)6(14,15)7(16,17)8(18,19)9(20,21)22/h2-3H,1H3. The Morgan fingerprint density at radius 1 is 0.667 bits per heavy atom. The third kappa shape index (κ3) is 2.85. The Kier molecular flexibility index (Phi) is 5.47. The van der Waals surface area contributed by atoms with Gasteiger partial charge in [-0.15, -0.1) is 0 Å². The van der Waals surface area contributed by atoms with Gasteiger partial charge in [0.25, 0.3) is 6.47 Å². The summed E-state index contributed by atoms with van der Waals surface area (Å²) in [4.78, 5) is 9.72. The van der Waals surface area contributed by atoms with E-state index in [2.05, 4.69) is 4.74 Å². The molecule has 24 heavy (non-hydrogen) atoms. The molecule has 0 N–H and O–H groups in total. The predicted octanol–water partition coefficient (Wildman–Crippen LogP) is 4.29. The first-order valence-corrected chi connectivity index (χ1v) is 5.28. The fourth-order valence-corrected chi connectivity index (χ4v) is 1.21. The monoisotopic (exact) mass is 392 g/mol. The highest BCUT2D eigenvalue weighted by Gasteiger charge is 2.91. The van der Waals surface area contributed by atoms with Crippen LogP contribution in [0.3, 0.4) is 0 Å². The van der Waals surface area contributed by atoms with Gasteiger partial charge in [0.05, 0.1) is 0 Å². The van der Waals surface area contributed by atoms with E-state index in [1.54, 1.807) is 0 Å². The second-order valence-electron chi connectivity index (χ2n) is 4.29. The molecular formula is C9H5F13O2. The molecule has 0 aromatic carbocycles. The van der Waals surface area contributed by atoms with Gasteiger partial charge in [-0.05, 0) is 6.92 Å². The van der Waals surface area contributed by atoms with Gasteiger partial charge in [-0.2, -0.15) is 57.1 Å². The molecule has 1 atom stereocenters. The number of rotatable bonds is 7. The van der Waals surface area contributed by atoms with E-state index in [0.29, 0.717) is 0 Å². The van der Waals surface area contributed by atoms with Gasteiger partial charge in [-0.1, -0.05) is 0 Å². The molecule has 144 valence electrons. The molecule has 0 spiro atoms. The highest BCUT2D eigenvalue weighted by Crippen LogP contribution is 2.60. The van der Waals surface area contributed by atoms with E-state index in [4.69, 9.17) is 0 Å². The molecule has 0 bridgehead atoms. The molecule has 0 aliphatic carbocycles. The zero-order chi connectivity index (χ0) is 20.0. The zero-order valence-electron chi connectivity index (χ0n) is 10.9. The lowest BCUT2D eigenvalue weighted by Crippen LogP contribution is -2.71. The van der Waals surface area contributed by atoms with Crippen molar-refractivity contribution in [2.24, 2.45) is 0 Å². The largest absolute Gasteiger partial charge is 0.460 e. The summed E-state index contributed by atoms with van der Waals surface area (Å²) in [5.74, 6) is -37.5. The number of hydrogen-bond acceptors (Lipinski definition) is 2. The molecule has 0 rings (SSSR count). The first-order valence-electron chi connectivity index (χ1n) is 5.28. The molecule has 0 saturated heterocycles. The predicted molar refractivity (Wildman–Crippen MR) is 47.4 cm³/mol. The van der Waals surface area contributed by atoms with Gasteiger partial charge in [-0.3, -0.25) is 4.79 Å². The maximum absolute atomic E-state index is 13.1. The Balaban J connectivity index is 6.25. The second kappa shape index (κ2) is 5.82. The van der Waals surface area contributed by atoms with E-state index < -0.39 is 48.4 Å².